The SMILES string of the molecule is C[n+]1c(C=Cc2ccc3ccc4cccc5ccc2c3c45)sc2ccccc21. The van der Waals surface area contributed by atoms with Crippen molar-refractivity contribution < 1.29 is 4.57 Å². The summed E-state index contributed by atoms with van der Waals surface area (Å²) in [7, 11) is 2.14. The highest BCUT2D eigenvalue weighted by molar-refractivity contribution is 7.18. The van der Waals surface area contributed by atoms with Crippen molar-refractivity contribution in [2.75, 3.05) is 0 Å². The van der Waals surface area contributed by atoms with Crippen molar-refractivity contribution in [2.24, 2.45) is 7.05 Å². The van der Waals surface area contributed by atoms with Crippen molar-refractivity contribution in [3.8, 4) is 0 Å². The third-order valence-electron chi connectivity index (χ3n) is 5.74. The molecular weight excluding hydrogens is 358 g/mol. The lowest BCUT2D eigenvalue weighted by Gasteiger charge is -2.12. The zero-order valence-corrected chi connectivity index (χ0v) is 16.3. The third kappa shape index (κ3) is 2.22. The van der Waals surface area contributed by atoms with Gasteiger partial charge in [-0.05, 0) is 50.0 Å². The van der Waals surface area contributed by atoms with Crippen LogP contribution in [0.3, 0.4) is 0 Å². The smallest absolute Gasteiger partial charge is 0.185 e. The van der Waals surface area contributed by atoms with Gasteiger partial charge in [0.05, 0.1) is 0 Å². The second-order valence-electron chi connectivity index (χ2n) is 7.31. The molecule has 1 aromatic heterocycles. The highest BCUT2D eigenvalue weighted by atomic mass is 32.1. The number of hydrogen-bond donors (Lipinski definition) is 0. The molecule has 6 aromatic rings. The Bertz CT molecular complexity index is 1500. The normalized spacial score (nSPS) is 12.3. The molecule has 0 aliphatic rings. The summed E-state index contributed by atoms with van der Waals surface area (Å²) in [5.74, 6) is 0. The van der Waals surface area contributed by atoms with Crippen molar-refractivity contribution in [2.45, 2.75) is 0 Å². The van der Waals surface area contributed by atoms with E-state index < -0.39 is 0 Å². The monoisotopic (exact) mass is 376 g/mol. The van der Waals surface area contributed by atoms with Crippen LogP contribution in [0.5, 0.6) is 0 Å². The first kappa shape index (κ1) is 15.8. The molecule has 0 atom stereocenters. The molecule has 5 aromatic carbocycles. The first-order valence-electron chi connectivity index (χ1n) is 9.52. The molecule has 0 bridgehead atoms. The van der Waals surface area contributed by atoms with Gasteiger partial charge in [0, 0.05) is 12.1 Å². The first-order chi connectivity index (χ1) is 13.8. The van der Waals surface area contributed by atoms with Crippen LogP contribution in [-0.2, 0) is 7.05 Å². The van der Waals surface area contributed by atoms with E-state index in [0.29, 0.717) is 0 Å². The van der Waals surface area contributed by atoms with E-state index in [-0.39, 0.29) is 0 Å². The Kier molecular flexibility index (Phi) is 3.32. The summed E-state index contributed by atoms with van der Waals surface area (Å²) >= 11 is 1.83. The van der Waals surface area contributed by atoms with Crippen molar-refractivity contribution in [3.63, 3.8) is 0 Å². The Balaban J connectivity index is 1.57. The number of rotatable bonds is 2. The summed E-state index contributed by atoms with van der Waals surface area (Å²) in [6.07, 6.45) is 4.51. The van der Waals surface area contributed by atoms with Gasteiger partial charge in [0.25, 0.3) is 5.01 Å². The molecule has 0 unspecified atom stereocenters. The van der Waals surface area contributed by atoms with Gasteiger partial charge in [-0.1, -0.05) is 78.1 Å². The molecule has 132 valence electrons. The average molecular weight is 377 g/mol. The van der Waals surface area contributed by atoms with Crippen LogP contribution >= 0.6 is 11.3 Å². The van der Waals surface area contributed by atoms with Crippen LogP contribution in [0.4, 0.5) is 0 Å². The van der Waals surface area contributed by atoms with Gasteiger partial charge in [0.1, 0.15) is 11.7 Å². The van der Waals surface area contributed by atoms with Crippen LogP contribution in [0.2, 0.25) is 0 Å². The third-order valence-corrected chi connectivity index (χ3v) is 6.92. The van der Waals surface area contributed by atoms with E-state index in [0.717, 1.165) is 0 Å². The first-order valence-corrected chi connectivity index (χ1v) is 10.3. The van der Waals surface area contributed by atoms with E-state index in [1.807, 2.05) is 11.3 Å². The zero-order valence-electron chi connectivity index (χ0n) is 15.5. The number of thiazole rings is 1. The van der Waals surface area contributed by atoms with E-state index in [1.165, 1.54) is 53.1 Å². The number of benzene rings is 5. The van der Waals surface area contributed by atoms with Crippen molar-refractivity contribution in [1.82, 2.24) is 0 Å². The lowest BCUT2D eigenvalue weighted by atomic mass is 9.92. The Morgan fingerprint density at radius 3 is 2.21 bits per heavy atom. The molecule has 0 fully saturated rings. The predicted octanol–water partition coefficient (Wildman–Crippen LogP) is 6.79. The van der Waals surface area contributed by atoms with Crippen LogP contribution in [0.25, 0.3) is 54.7 Å². The summed E-state index contributed by atoms with van der Waals surface area (Å²) in [6, 6.07) is 28.6. The molecule has 0 amide bonds. The highest BCUT2D eigenvalue weighted by Gasteiger charge is 2.14. The van der Waals surface area contributed by atoms with Gasteiger partial charge in [-0.25, -0.2) is 0 Å². The zero-order chi connectivity index (χ0) is 18.7. The van der Waals surface area contributed by atoms with Gasteiger partial charge in [0.2, 0.25) is 5.52 Å². The number of nitrogens with zero attached hydrogens (tertiary/aromatic N) is 1. The van der Waals surface area contributed by atoms with Gasteiger partial charge >= 0.3 is 0 Å². The minimum absolute atomic E-state index is 1.26. The molecule has 0 radical (unpaired) electrons. The molecule has 6 rings (SSSR count). The molecule has 0 aliphatic heterocycles. The average Bonchev–Trinajstić information content (AvgIpc) is 3.07. The summed E-state index contributed by atoms with van der Waals surface area (Å²) in [5.41, 5.74) is 2.55. The maximum absolute atomic E-state index is 2.27. The quantitative estimate of drug-likeness (QED) is 0.231. The van der Waals surface area contributed by atoms with E-state index >= 15 is 0 Å². The fourth-order valence-electron chi connectivity index (χ4n) is 4.33. The van der Waals surface area contributed by atoms with Crippen LogP contribution < -0.4 is 4.57 Å². The minimum atomic E-state index is 1.26. The van der Waals surface area contributed by atoms with Crippen molar-refractivity contribution in [3.05, 3.63) is 89.4 Å². The highest BCUT2D eigenvalue weighted by Crippen LogP contribution is 2.36. The van der Waals surface area contributed by atoms with E-state index in [2.05, 4.69) is 103 Å². The van der Waals surface area contributed by atoms with Gasteiger partial charge in [0.15, 0.2) is 0 Å². The van der Waals surface area contributed by atoms with Crippen molar-refractivity contribution in [1.29, 1.82) is 0 Å². The Morgan fingerprint density at radius 2 is 1.39 bits per heavy atom. The van der Waals surface area contributed by atoms with Gasteiger partial charge in [-0.15, -0.1) is 0 Å². The molecule has 1 nitrogen and oxygen atoms in total. The van der Waals surface area contributed by atoms with Crippen molar-refractivity contribution >= 4 is 66.0 Å². The number of fused-ring (bicyclic) bond motifs is 1. The molecule has 0 N–H and O–H groups in total. The topological polar surface area (TPSA) is 3.88 Å². The second-order valence-corrected chi connectivity index (χ2v) is 8.37. The lowest BCUT2D eigenvalue weighted by Crippen LogP contribution is -2.28. The number of para-hydroxylation sites is 1. The van der Waals surface area contributed by atoms with Crippen LogP contribution in [-0.4, -0.2) is 0 Å². The minimum Gasteiger partial charge on any atom is -0.185 e. The fourth-order valence-corrected chi connectivity index (χ4v) is 5.38. The van der Waals surface area contributed by atoms with Gasteiger partial charge < -0.3 is 0 Å². The number of aromatic nitrogens is 1. The predicted molar refractivity (Wildman–Crippen MR) is 122 cm³/mol. The van der Waals surface area contributed by atoms with Crippen LogP contribution in [0.1, 0.15) is 10.6 Å². The molecule has 0 saturated carbocycles. The Labute approximate surface area is 167 Å². The summed E-state index contributed by atoms with van der Waals surface area (Å²) in [4.78, 5) is 0. The van der Waals surface area contributed by atoms with E-state index in [1.54, 1.807) is 0 Å². The largest absolute Gasteiger partial charge is 0.262 e. The van der Waals surface area contributed by atoms with Gasteiger partial charge in [-0.2, -0.15) is 4.57 Å². The van der Waals surface area contributed by atoms with E-state index in [9.17, 15) is 0 Å². The maximum atomic E-state index is 2.27. The molecule has 0 spiro atoms. The summed E-state index contributed by atoms with van der Waals surface area (Å²) in [6.45, 7) is 0. The summed E-state index contributed by atoms with van der Waals surface area (Å²) < 4.78 is 3.59. The molecule has 1 heterocycles. The second kappa shape index (κ2) is 5.88. The molecule has 0 aliphatic carbocycles. The Hall–Kier alpha value is -3.23. The van der Waals surface area contributed by atoms with Gasteiger partial charge in [-0.3, -0.25) is 0 Å². The number of aryl methyl sites for hydroxylation is 1. The molecule has 0 saturated heterocycles. The van der Waals surface area contributed by atoms with E-state index in [4.69, 9.17) is 0 Å². The van der Waals surface area contributed by atoms with Crippen LogP contribution in [0, 0.1) is 0 Å². The lowest BCUT2D eigenvalue weighted by molar-refractivity contribution is -0.642. The molecular formula is C26H18NS+. The summed E-state index contributed by atoms with van der Waals surface area (Å²) in [5, 5.41) is 9.26. The standard InChI is InChI=1S/C26H18NS/c1-27-22-7-2-3-8-23(22)28-24(27)16-14-17-9-10-20-12-11-18-5-4-6-19-13-15-21(17)26(20)25(18)19/h2-16H,1H3/q+1. The maximum Gasteiger partial charge on any atom is 0.262 e. The fraction of sp³-hybridized carbons (Fsp3) is 0.0385. The number of hydrogen-bond acceptors (Lipinski definition) is 1. The van der Waals surface area contributed by atoms with Crippen LogP contribution in [0.15, 0.2) is 78.9 Å². The molecule has 2 heteroatoms. The Morgan fingerprint density at radius 1 is 0.679 bits per heavy atom. The molecule has 28 heavy (non-hydrogen) atoms.